The lowest BCUT2D eigenvalue weighted by Crippen LogP contribution is -2.35. The van der Waals surface area contributed by atoms with Crippen LogP contribution in [0.2, 0.25) is 0 Å². The van der Waals surface area contributed by atoms with Gasteiger partial charge in [0.05, 0.1) is 26.4 Å². The van der Waals surface area contributed by atoms with Crippen molar-refractivity contribution in [2.24, 2.45) is 0 Å². The summed E-state index contributed by atoms with van der Waals surface area (Å²) in [6.45, 7) is 1.01. The van der Waals surface area contributed by atoms with E-state index in [-0.39, 0.29) is 13.2 Å². The predicted octanol–water partition coefficient (Wildman–Crippen LogP) is -0.647. The summed E-state index contributed by atoms with van der Waals surface area (Å²) in [5.41, 5.74) is -0.775. The van der Waals surface area contributed by atoms with E-state index in [1.165, 1.54) is 0 Å². The van der Waals surface area contributed by atoms with Crippen LogP contribution in [0.4, 0.5) is 0 Å². The van der Waals surface area contributed by atoms with E-state index in [4.69, 9.17) is 14.6 Å². The van der Waals surface area contributed by atoms with Crippen LogP contribution >= 0.6 is 0 Å². The van der Waals surface area contributed by atoms with Crippen LogP contribution in [-0.2, 0) is 14.3 Å². The summed E-state index contributed by atoms with van der Waals surface area (Å²) in [5.74, 6) is 0. The third kappa shape index (κ3) is 1.99. The van der Waals surface area contributed by atoms with Crippen LogP contribution < -0.4 is 0 Å². The third-order valence-corrected chi connectivity index (χ3v) is 1.71. The Morgan fingerprint density at radius 1 is 1.73 bits per heavy atom. The summed E-state index contributed by atoms with van der Waals surface area (Å²) < 4.78 is 10.2. The van der Waals surface area contributed by atoms with Gasteiger partial charge in [-0.3, -0.25) is 0 Å². The lowest BCUT2D eigenvalue weighted by Gasteiger charge is -2.19. The van der Waals surface area contributed by atoms with Gasteiger partial charge < -0.3 is 19.4 Å². The number of aliphatic hydroxyl groups is 1. The summed E-state index contributed by atoms with van der Waals surface area (Å²) in [6.07, 6.45) is 1.35. The van der Waals surface area contributed by atoms with Crippen molar-refractivity contribution < 1.29 is 19.4 Å². The molecule has 1 atom stereocenters. The summed E-state index contributed by atoms with van der Waals surface area (Å²) in [6, 6.07) is 0. The number of aldehydes is 1. The minimum Gasteiger partial charge on any atom is -0.394 e. The van der Waals surface area contributed by atoms with Crippen LogP contribution in [0, 0.1) is 0 Å². The third-order valence-electron chi connectivity index (χ3n) is 1.71. The van der Waals surface area contributed by atoms with E-state index in [0.29, 0.717) is 19.6 Å². The molecule has 1 N–H and O–H groups in total. The molecular formula is C7H12O4. The smallest absolute Gasteiger partial charge is 0.154 e. The van der Waals surface area contributed by atoms with Gasteiger partial charge >= 0.3 is 0 Å². The Kier molecular flexibility index (Phi) is 2.99. The van der Waals surface area contributed by atoms with Gasteiger partial charge in [0.15, 0.2) is 6.29 Å². The molecule has 4 nitrogen and oxygen atoms in total. The Balaban J connectivity index is 2.39. The van der Waals surface area contributed by atoms with Crippen LogP contribution in [0.1, 0.15) is 6.42 Å². The molecule has 1 fully saturated rings. The molecule has 0 amide bonds. The van der Waals surface area contributed by atoms with Gasteiger partial charge in [0.1, 0.15) is 5.60 Å². The van der Waals surface area contributed by atoms with Crippen LogP contribution in [0.25, 0.3) is 0 Å². The first kappa shape index (κ1) is 8.64. The fraction of sp³-hybridized carbons (Fsp3) is 0.857. The van der Waals surface area contributed by atoms with Gasteiger partial charge in [-0.25, -0.2) is 0 Å². The quantitative estimate of drug-likeness (QED) is 0.555. The van der Waals surface area contributed by atoms with E-state index < -0.39 is 5.60 Å². The number of carbonyl (C=O) groups excluding carboxylic acids is 1. The van der Waals surface area contributed by atoms with Gasteiger partial charge in [-0.1, -0.05) is 0 Å². The van der Waals surface area contributed by atoms with Gasteiger partial charge in [0.25, 0.3) is 0 Å². The van der Waals surface area contributed by atoms with Crippen LogP contribution in [0.15, 0.2) is 0 Å². The van der Waals surface area contributed by atoms with Gasteiger partial charge in [-0.2, -0.15) is 0 Å². The fourth-order valence-electron chi connectivity index (χ4n) is 1.05. The lowest BCUT2D eigenvalue weighted by molar-refractivity contribution is -0.132. The maximum Gasteiger partial charge on any atom is 0.154 e. The second-order valence-electron chi connectivity index (χ2n) is 2.56. The molecule has 4 heteroatoms. The number of hydrogen-bond acceptors (Lipinski definition) is 4. The fourth-order valence-corrected chi connectivity index (χ4v) is 1.05. The predicted molar refractivity (Wildman–Crippen MR) is 37.3 cm³/mol. The second-order valence-corrected chi connectivity index (χ2v) is 2.56. The zero-order valence-corrected chi connectivity index (χ0v) is 6.28. The van der Waals surface area contributed by atoms with Crippen LogP contribution in [0.3, 0.4) is 0 Å². The average molecular weight is 160 g/mol. The monoisotopic (exact) mass is 160 g/mol. The molecule has 1 saturated heterocycles. The zero-order chi connectivity index (χ0) is 8.16. The lowest BCUT2D eigenvalue weighted by atomic mass is 10.1. The Hall–Kier alpha value is -0.450. The first-order valence-corrected chi connectivity index (χ1v) is 3.62. The molecule has 0 aromatic rings. The van der Waals surface area contributed by atoms with Crippen LogP contribution in [0.5, 0.6) is 0 Å². The highest BCUT2D eigenvalue weighted by Crippen LogP contribution is 2.20. The van der Waals surface area contributed by atoms with E-state index in [2.05, 4.69) is 0 Å². The number of aliphatic hydroxyl groups excluding tert-OH is 1. The molecule has 0 aromatic carbocycles. The van der Waals surface area contributed by atoms with Crippen molar-refractivity contribution in [3.63, 3.8) is 0 Å². The number of hydrogen-bond donors (Lipinski definition) is 1. The summed E-state index contributed by atoms with van der Waals surface area (Å²) in [5, 5.41) is 8.45. The number of rotatable bonds is 4. The highest BCUT2D eigenvalue weighted by molar-refractivity contribution is 5.63. The van der Waals surface area contributed by atoms with Gasteiger partial charge in [-0.15, -0.1) is 0 Å². The normalized spacial score (nSPS) is 30.6. The highest BCUT2D eigenvalue weighted by Gasteiger charge is 2.35. The Bertz CT molecular complexity index is 128. The van der Waals surface area contributed by atoms with Crippen LogP contribution in [-0.4, -0.2) is 43.4 Å². The molecule has 0 saturated carbocycles. The second kappa shape index (κ2) is 3.80. The molecule has 1 unspecified atom stereocenters. The van der Waals surface area contributed by atoms with E-state index in [1.54, 1.807) is 0 Å². The Morgan fingerprint density at radius 2 is 2.55 bits per heavy atom. The molecule has 0 radical (unpaired) electrons. The topological polar surface area (TPSA) is 55.8 Å². The Morgan fingerprint density at radius 3 is 3.00 bits per heavy atom. The van der Waals surface area contributed by atoms with E-state index in [0.717, 1.165) is 6.29 Å². The molecular weight excluding hydrogens is 148 g/mol. The van der Waals surface area contributed by atoms with Crippen molar-refractivity contribution in [1.82, 2.24) is 0 Å². The largest absolute Gasteiger partial charge is 0.394 e. The van der Waals surface area contributed by atoms with E-state index in [1.807, 2.05) is 0 Å². The van der Waals surface area contributed by atoms with Crippen molar-refractivity contribution in [3.8, 4) is 0 Å². The van der Waals surface area contributed by atoms with Gasteiger partial charge in [-0.05, 0) is 0 Å². The minimum atomic E-state index is -0.775. The van der Waals surface area contributed by atoms with E-state index in [9.17, 15) is 4.79 Å². The SMILES string of the molecule is O=CC1(OCCO)CCOC1. The van der Waals surface area contributed by atoms with Gasteiger partial charge in [0, 0.05) is 6.42 Å². The van der Waals surface area contributed by atoms with Crippen molar-refractivity contribution in [1.29, 1.82) is 0 Å². The first-order valence-electron chi connectivity index (χ1n) is 3.62. The first-order chi connectivity index (χ1) is 5.33. The molecule has 64 valence electrons. The maximum atomic E-state index is 10.5. The van der Waals surface area contributed by atoms with Crippen molar-refractivity contribution >= 4 is 6.29 Å². The molecule has 1 heterocycles. The molecule has 1 aliphatic rings. The summed E-state index contributed by atoms with van der Waals surface area (Å²) >= 11 is 0. The summed E-state index contributed by atoms with van der Waals surface area (Å²) in [4.78, 5) is 10.5. The standard InChI is InChI=1S/C7H12O4/c8-2-4-11-7(5-9)1-3-10-6-7/h5,8H,1-4,6H2. The molecule has 1 aliphatic heterocycles. The molecule has 0 bridgehead atoms. The van der Waals surface area contributed by atoms with Crippen molar-refractivity contribution in [2.45, 2.75) is 12.0 Å². The summed E-state index contributed by atoms with van der Waals surface area (Å²) in [7, 11) is 0. The Labute approximate surface area is 65.1 Å². The van der Waals surface area contributed by atoms with Crippen molar-refractivity contribution in [3.05, 3.63) is 0 Å². The van der Waals surface area contributed by atoms with E-state index >= 15 is 0 Å². The number of ether oxygens (including phenoxy) is 2. The molecule has 0 spiro atoms. The average Bonchev–Trinajstić information content (AvgIpc) is 2.50. The zero-order valence-electron chi connectivity index (χ0n) is 6.28. The molecule has 0 aromatic heterocycles. The maximum absolute atomic E-state index is 10.5. The number of carbonyl (C=O) groups is 1. The molecule has 11 heavy (non-hydrogen) atoms. The van der Waals surface area contributed by atoms with Crippen molar-refractivity contribution in [2.75, 3.05) is 26.4 Å². The molecule has 1 rings (SSSR count). The molecule has 0 aliphatic carbocycles. The highest BCUT2D eigenvalue weighted by atomic mass is 16.6. The minimum absolute atomic E-state index is 0.0599. The van der Waals surface area contributed by atoms with Gasteiger partial charge in [0.2, 0.25) is 0 Å².